The Kier molecular flexibility index (Phi) is 3.58. The maximum Gasteiger partial charge on any atom is 0.258 e. The highest BCUT2D eigenvalue weighted by atomic mass is 16.5. The molecule has 2 aromatic carbocycles. The molecule has 120 valence electrons. The van der Waals surface area contributed by atoms with E-state index in [-0.39, 0.29) is 18.7 Å². The number of hydrogen-bond acceptors (Lipinski definition) is 4. The van der Waals surface area contributed by atoms with Crippen molar-refractivity contribution < 1.29 is 9.53 Å². The fourth-order valence-electron chi connectivity index (χ4n) is 3.10. The van der Waals surface area contributed by atoms with Crippen molar-refractivity contribution in [2.75, 3.05) is 11.9 Å². The fraction of sp³-hybridized carbons (Fsp3) is 0.263. The number of rotatable bonds is 4. The molecule has 1 aliphatic heterocycles. The van der Waals surface area contributed by atoms with E-state index in [4.69, 9.17) is 10.00 Å². The molecule has 1 N–H and O–H groups in total. The van der Waals surface area contributed by atoms with Gasteiger partial charge in [-0.15, -0.1) is 0 Å². The van der Waals surface area contributed by atoms with Crippen LogP contribution in [0.1, 0.15) is 34.9 Å². The highest BCUT2D eigenvalue weighted by molar-refractivity contribution is 6.02. The minimum atomic E-state index is -0.176. The molecule has 0 spiro atoms. The molecular weight excluding hydrogens is 302 g/mol. The first-order valence-electron chi connectivity index (χ1n) is 8.06. The summed E-state index contributed by atoms with van der Waals surface area (Å²) in [4.78, 5) is 14.9. The van der Waals surface area contributed by atoms with E-state index in [0.29, 0.717) is 11.8 Å². The summed E-state index contributed by atoms with van der Waals surface area (Å²) < 4.78 is 5.30. The van der Waals surface area contributed by atoms with Crippen LogP contribution in [0.5, 0.6) is 5.75 Å². The minimum Gasteiger partial charge on any atom is -0.479 e. The molecule has 0 aromatic heterocycles. The number of carbonyl (C=O) groups is 1. The van der Waals surface area contributed by atoms with Crippen LogP contribution in [0.25, 0.3) is 0 Å². The van der Waals surface area contributed by atoms with Crippen molar-refractivity contribution in [2.24, 2.45) is 0 Å². The van der Waals surface area contributed by atoms with Gasteiger partial charge in [0.2, 0.25) is 0 Å². The second-order valence-electron chi connectivity index (χ2n) is 6.05. The Bertz CT molecular complexity index is 806. The normalized spacial score (nSPS) is 19.2. The molecule has 5 heteroatoms. The van der Waals surface area contributed by atoms with Crippen molar-refractivity contribution >= 4 is 11.6 Å². The zero-order valence-corrected chi connectivity index (χ0v) is 13.1. The Labute approximate surface area is 140 Å². The number of benzene rings is 2. The zero-order chi connectivity index (χ0) is 16.5. The summed E-state index contributed by atoms with van der Waals surface area (Å²) in [7, 11) is 0. The lowest BCUT2D eigenvalue weighted by Crippen LogP contribution is -2.44. The number of nitrogens with one attached hydrogen (secondary N) is 1. The molecule has 1 saturated carbocycles. The van der Waals surface area contributed by atoms with Gasteiger partial charge >= 0.3 is 0 Å². The second-order valence-corrected chi connectivity index (χ2v) is 6.05. The highest BCUT2D eigenvalue weighted by Gasteiger charge is 2.41. The van der Waals surface area contributed by atoms with E-state index < -0.39 is 0 Å². The van der Waals surface area contributed by atoms with Gasteiger partial charge in [-0.2, -0.15) is 5.26 Å². The van der Waals surface area contributed by atoms with E-state index in [1.807, 2.05) is 59.5 Å². The van der Waals surface area contributed by atoms with Gasteiger partial charge in [0.15, 0.2) is 6.61 Å². The highest BCUT2D eigenvalue weighted by Crippen LogP contribution is 2.40. The van der Waals surface area contributed by atoms with E-state index in [0.717, 1.165) is 29.7 Å². The predicted octanol–water partition coefficient (Wildman–Crippen LogP) is 3.32. The van der Waals surface area contributed by atoms with Crippen LogP contribution in [-0.4, -0.2) is 23.5 Å². The smallest absolute Gasteiger partial charge is 0.258 e. The Balaban J connectivity index is 1.66. The predicted molar refractivity (Wildman–Crippen MR) is 89.5 cm³/mol. The van der Waals surface area contributed by atoms with Crippen molar-refractivity contribution in [2.45, 2.75) is 25.0 Å². The molecule has 0 unspecified atom stereocenters. The van der Waals surface area contributed by atoms with Crippen LogP contribution >= 0.6 is 0 Å². The van der Waals surface area contributed by atoms with Crippen molar-refractivity contribution in [3.63, 3.8) is 0 Å². The van der Waals surface area contributed by atoms with Gasteiger partial charge < -0.3 is 15.0 Å². The van der Waals surface area contributed by atoms with Crippen molar-refractivity contribution in [3.8, 4) is 11.8 Å². The van der Waals surface area contributed by atoms with Gasteiger partial charge in [0.05, 0.1) is 5.56 Å². The molecule has 1 heterocycles. The Hall–Kier alpha value is -3.00. The molecule has 2 aliphatic rings. The maximum absolute atomic E-state index is 12.9. The molecular formula is C19H17N3O2. The number of nitriles is 1. The standard InChI is InChI=1S/C19H17N3O2/c20-11-12-24-15-9-5-13(6-10-15)18-21-17-4-2-1-3-16(17)19(23)22(18)14-7-8-14/h1-6,9-10,14,18,21H,7-8,12H2/t18-/m1/s1. The van der Waals surface area contributed by atoms with Gasteiger partial charge in [-0.1, -0.05) is 24.3 Å². The first-order chi connectivity index (χ1) is 11.8. The van der Waals surface area contributed by atoms with E-state index in [2.05, 4.69) is 5.32 Å². The molecule has 1 atom stereocenters. The number of carbonyl (C=O) groups excluding carboxylic acids is 1. The third-order valence-electron chi connectivity index (χ3n) is 4.40. The number of hydrogen-bond donors (Lipinski definition) is 1. The van der Waals surface area contributed by atoms with E-state index in [1.54, 1.807) is 0 Å². The summed E-state index contributed by atoms with van der Waals surface area (Å²) in [6.07, 6.45) is 1.93. The van der Waals surface area contributed by atoms with E-state index in [9.17, 15) is 4.79 Å². The molecule has 1 amide bonds. The minimum absolute atomic E-state index is 0.0289. The summed E-state index contributed by atoms with van der Waals surface area (Å²) in [6.45, 7) is 0.0289. The number of nitrogens with zero attached hydrogens (tertiary/aromatic N) is 2. The summed E-state index contributed by atoms with van der Waals surface area (Å²) in [5.74, 6) is 0.738. The Morgan fingerprint density at radius 3 is 2.62 bits per heavy atom. The molecule has 0 radical (unpaired) electrons. The summed E-state index contributed by atoms with van der Waals surface area (Å²) >= 11 is 0. The van der Waals surface area contributed by atoms with Gasteiger partial charge in [0.1, 0.15) is 18.0 Å². The summed E-state index contributed by atoms with van der Waals surface area (Å²) in [5, 5.41) is 12.1. The van der Waals surface area contributed by atoms with Crippen molar-refractivity contribution in [1.82, 2.24) is 4.90 Å². The molecule has 0 bridgehead atoms. The first-order valence-corrected chi connectivity index (χ1v) is 8.06. The number of anilines is 1. The van der Waals surface area contributed by atoms with Crippen LogP contribution < -0.4 is 10.1 Å². The average Bonchev–Trinajstić information content (AvgIpc) is 3.45. The van der Waals surface area contributed by atoms with Crippen LogP contribution in [0.15, 0.2) is 48.5 Å². The van der Waals surface area contributed by atoms with E-state index >= 15 is 0 Å². The molecule has 1 aliphatic carbocycles. The largest absolute Gasteiger partial charge is 0.479 e. The lowest BCUT2D eigenvalue weighted by molar-refractivity contribution is 0.0666. The first kappa shape index (κ1) is 14.6. The van der Waals surface area contributed by atoms with Crippen LogP contribution in [0.3, 0.4) is 0 Å². The number of ether oxygens (including phenoxy) is 1. The molecule has 2 aromatic rings. The van der Waals surface area contributed by atoms with Gasteiger partial charge in [0.25, 0.3) is 5.91 Å². The third kappa shape index (κ3) is 2.56. The van der Waals surface area contributed by atoms with Crippen LogP contribution in [0.2, 0.25) is 0 Å². The summed E-state index contributed by atoms with van der Waals surface area (Å²) in [5.41, 5.74) is 2.61. The Morgan fingerprint density at radius 2 is 1.92 bits per heavy atom. The summed E-state index contributed by atoms with van der Waals surface area (Å²) in [6, 6.07) is 17.5. The second kappa shape index (κ2) is 5.89. The number of para-hydroxylation sites is 1. The van der Waals surface area contributed by atoms with Crippen LogP contribution in [0, 0.1) is 11.3 Å². The quantitative estimate of drug-likeness (QED) is 0.939. The van der Waals surface area contributed by atoms with Gasteiger partial charge in [0, 0.05) is 11.7 Å². The number of fused-ring (bicyclic) bond motifs is 1. The maximum atomic E-state index is 12.9. The lowest BCUT2D eigenvalue weighted by atomic mass is 10.0. The van der Waals surface area contributed by atoms with Crippen LogP contribution in [0.4, 0.5) is 5.69 Å². The molecule has 0 saturated heterocycles. The van der Waals surface area contributed by atoms with Crippen LogP contribution in [-0.2, 0) is 0 Å². The molecule has 4 rings (SSSR count). The average molecular weight is 319 g/mol. The van der Waals surface area contributed by atoms with E-state index in [1.165, 1.54) is 0 Å². The van der Waals surface area contributed by atoms with Crippen molar-refractivity contribution in [3.05, 3.63) is 59.7 Å². The van der Waals surface area contributed by atoms with Crippen molar-refractivity contribution in [1.29, 1.82) is 5.26 Å². The van der Waals surface area contributed by atoms with Gasteiger partial charge in [-0.3, -0.25) is 4.79 Å². The molecule has 1 fully saturated rings. The monoisotopic (exact) mass is 319 g/mol. The lowest BCUT2D eigenvalue weighted by Gasteiger charge is -2.38. The fourth-order valence-corrected chi connectivity index (χ4v) is 3.10. The molecule has 5 nitrogen and oxygen atoms in total. The Morgan fingerprint density at radius 1 is 1.17 bits per heavy atom. The van der Waals surface area contributed by atoms with Gasteiger partial charge in [-0.25, -0.2) is 0 Å². The SMILES string of the molecule is N#CCOc1ccc([C@@H]2Nc3ccccc3C(=O)N2C2CC2)cc1. The third-order valence-corrected chi connectivity index (χ3v) is 4.40. The molecule has 24 heavy (non-hydrogen) atoms. The zero-order valence-electron chi connectivity index (χ0n) is 13.1. The van der Waals surface area contributed by atoms with Gasteiger partial charge in [-0.05, 0) is 42.7 Å². The number of amides is 1. The topological polar surface area (TPSA) is 65.4 Å².